The molecule has 0 aliphatic rings. The third kappa shape index (κ3) is 3.34. The summed E-state index contributed by atoms with van der Waals surface area (Å²) < 4.78 is 0. The molecule has 3 heteroatoms. The maximum absolute atomic E-state index is 10.1. The number of hydrogen-bond acceptors (Lipinski definition) is 3. The van der Waals surface area contributed by atoms with Gasteiger partial charge in [0.15, 0.2) is 6.04 Å². The van der Waals surface area contributed by atoms with Crippen LogP contribution in [0.5, 0.6) is 0 Å². The first-order valence-electron chi connectivity index (χ1n) is 5.22. The summed E-state index contributed by atoms with van der Waals surface area (Å²) in [4.78, 5) is 13.6. The van der Waals surface area contributed by atoms with Gasteiger partial charge in [-0.15, -0.1) is 0 Å². The van der Waals surface area contributed by atoms with Gasteiger partial charge >= 0.3 is 0 Å². The Bertz CT molecular complexity index is 422. The Morgan fingerprint density at radius 2 is 1.94 bits per heavy atom. The van der Waals surface area contributed by atoms with Crippen LogP contribution in [0.25, 0.3) is 0 Å². The molecule has 1 unspecified atom stereocenters. The minimum Gasteiger partial charge on any atom is -0.211 e. The summed E-state index contributed by atoms with van der Waals surface area (Å²) in [6.07, 6.45) is 2.42. The van der Waals surface area contributed by atoms with E-state index < -0.39 is 6.04 Å². The van der Waals surface area contributed by atoms with E-state index in [0.29, 0.717) is 5.92 Å². The predicted molar refractivity (Wildman–Crippen MR) is 61.5 cm³/mol. The minimum absolute atomic E-state index is 0.602. The quantitative estimate of drug-likeness (QED) is 0.571. The van der Waals surface area contributed by atoms with E-state index in [1.807, 2.05) is 30.3 Å². The molecule has 16 heavy (non-hydrogen) atoms. The average Bonchev–Trinajstić information content (AvgIpc) is 2.26. The van der Waals surface area contributed by atoms with E-state index in [1.54, 1.807) is 0 Å². The van der Waals surface area contributed by atoms with E-state index in [9.17, 15) is 4.79 Å². The Kier molecular flexibility index (Phi) is 4.44. The normalized spacial score (nSPS) is 11.6. The SMILES string of the molecule is CC(C)Cc1ccc(C(C#N)N=C=O)cc1. The second-order valence-corrected chi connectivity index (χ2v) is 4.09. The van der Waals surface area contributed by atoms with Crippen LogP contribution in [0.4, 0.5) is 0 Å². The molecule has 0 saturated carbocycles. The molecule has 0 aliphatic carbocycles. The number of hydrogen-bond donors (Lipinski definition) is 0. The molecule has 0 amide bonds. The van der Waals surface area contributed by atoms with E-state index >= 15 is 0 Å². The van der Waals surface area contributed by atoms with E-state index in [1.165, 1.54) is 11.6 Å². The number of nitriles is 1. The van der Waals surface area contributed by atoms with Crippen molar-refractivity contribution >= 4 is 6.08 Å². The molecular formula is C13H14N2O. The lowest BCUT2D eigenvalue weighted by Crippen LogP contribution is -1.96. The highest BCUT2D eigenvalue weighted by atomic mass is 16.1. The molecule has 0 bridgehead atoms. The molecule has 3 nitrogen and oxygen atoms in total. The van der Waals surface area contributed by atoms with Gasteiger partial charge in [-0.1, -0.05) is 38.1 Å². The lowest BCUT2D eigenvalue weighted by Gasteiger charge is -2.06. The molecule has 0 heterocycles. The Balaban J connectivity index is 2.86. The van der Waals surface area contributed by atoms with E-state index in [-0.39, 0.29) is 0 Å². The van der Waals surface area contributed by atoms with Crippen molar-refractivity contribution in [1.29, 1.82) is 5.26 Å². The zero-order chi connectivity index (χ0) is 12.0. The smallest absolute Gasteiger partial charge is 0.211 e. The standard InChI is InChI=1S/C13H14N2O/c1-10(2)7-11-3-5-12(6-4-11)13(8-14)15-9-16/h3-6,10,13H,7H2,1-2H3. The molecule has 1 rings (SSSR count). The predicted octanol–water partition coefficient (Wildman–Crippen LogP) is 2.79. The molecule has 1 aromatic carbocycles. The molecule has 0 saturated heterocycles. The number of benzene rings is 1. The maximum Gasteiger partial charge on any atom is 0.236 e. The highest BCUT2D eigenvalue weighted by Crippen LogP contribution is 2.17. The first-order chi connectivity index (χ1) is 7.67. The van der Waals surface area contributed by atoms with Crippen LogP contribution in [0, 0.1) is 17.2 Å². The number of rotatable bonds is 4. The molecule has 0 fully saturated rings. The van der Waals surface area contributed by atoms with Crippen LogP contribution in [0.3, 0.4) is 0 Å². The minimum atomic E-state index is -0.731. The van der Waals surface area contributed by atoms with Crippen molar-refractivity contribution in [3.63, 3.8) is 0 Å². The fourth-order valence-electron chi connectivity index (χ4n) is 1.54. The molecule has 0 radical (unpaired) electrons. The average molecular weight is 214 g/mol. The van der Waals surface area contributed by atoms with Crippen molar-refractivity contribution in [2.75, 3.05) is 0 Å². The first-order valence-corrected chi connectivity index (χ1v) is 5.22. The van der Waals surface area contributed by atoms with Crippen LogP contribution >= 0.6 is 0 Å². The number of isocyanates is 1. The van der Waals surface area contributed by atoms with Gasteiger partial charge in [-0.2, -0.15) is 10.3 Å². The summed E-state index contributed by atoms with van der Waals surface area (Å²) in [7, 11) is 0. The molecule has 0 N–H and O–H groups in total. The van der Waals surface area contributed by atoms with Gasteiger partial charge < -0.3 is 0 Å². The lowest BCUT2D eigenvalue weighted by atomic mass is 10.00. The Morgan fingerprint density at radius 3 is 2.38 bits per heavy atom. The highest BCUT2D eigenvalue weighted by molar-refractivity contribution is 5.38. The second-order valence-electron chi connectivity index (χ2n) is 4.09. The fraction of sp³-hybridized carbons (Fsp3) is 0.385. The zero-order valence-electron chi connectivity index (χ0n) is 9.47. The summed E-state index contributed by atoms with van der Waals surface area (Å²) in [5.74, 6) is 0.602. The topological polar surface area (TPSA) is 53.2 Å². The maximum atomic E-state index is 10.1. The molecule has 0 aromatic heterocycles. The van der Waals surface area contributed by atoms with Crippen molar-refractivity contribution in [1.82, 2.24) is 0 Å². The van der Waals surface area contributed by atoms with Gasteiger partial charge in [0.1, 0.15) is 0 Å². The van der Waals surface area contributed by atoms with Crippen molar-refractivity contribution in [2.24, 2.45) is 10.9 Å². The Morgan fingerprint density at radius 1 is 1.31 bits per heavy atom. The first kappa shape index (κ1) is 12.2. The van der Waals surface area contributed by atoms with Crippen LogP contribution in [-0.2, 0) is 11.2 Å². The van der Waals surface area contributed by atoms with Crippen molar-refractivity contribution in [3.05, 3.63) is 35.4 Å². The van der Waals surface area contributed by atoms with Gasteiger partial charge in [0, 0.05) is 0 Å². The fourth-order valence-corrected chi connectivity index (χ4v) is 1.54. The summed E-state index contributed by atoms with van der Waals surface area (Å²) in [5, 5.41) is 8.80. The molecule has 1 atom stereocenters. The van der Waals surface area contributed by atoms with E-state index in [4.69, 9.17) is 5.26 Å². The monoisotopic (exact) mass is 214 g/mol. The van der Waals surface area contributed by atoms with Gasteiger partial charge in [0.05, 0.1) is 6.07 Å². The van der Waals surface area contributed by atoms with Crippen LogP contribution in [0.1, 0.15) is 31.0 Å². The summed E-state index contributed by atoms with van der Waals surface area (Å²) in [6.45, 7) is 4.31. The van der Waals surface area contributed by atoms with Crippen LogP contribution in [0.15, 0.2) is 29.3 Å². The summed E-state index contributed by atoms with van der Waals surface area (Å²) >= 11 is 0. The largest absolute Gasteiger partial charge is 0.236 e. The third-order valence-corrected chi connectivity index (χ3v) is 2.24. The Labute approximate surface area is 95.4 Å². The van der Waals surface area contributed by atoms with Gasteiger partial charge in [0.25, 0.3) is 0 Å². The van der Waals surface area contributed by atoms with Gasteiger partial charge in [-0.05, 0) is 23.5 Å². The molecule has 0 aliphatic heterocycles. The molecule has 82 valence electrons. The number of nitrogens with zero attached hydrogens (tertiary/aromatic N) is 2. The number of carbonyl (C=O) groups excluding carboxylic acids is 1. The summed E-state index contributed by atoms with van der Waals surface area (Å²) in [6, 6.07) is 8.84. The number of aliphatic imine (C=N–C) groups is 1. The molecule has 1 aromatic rings. The van der Waals surface area contributed by atoms with Crippen molar-refractivity contribution in [3.8, 4) is 6.07 Å². The Hall–Kier alpha value is -1.91. The van der Waals surface area contributed by atoms with Gasteiger partial charge in [-0.3, -0.25) is 0 Å². The highest BCUT2D eigenvalue weighted by Gasteiger charge is 2.08. The zero-order valence-corrected chi connectivity index (χ0v) is 9.47. The second kappa shape index (κ2) is 5.85. The third-order valence-electron chi connectivity index (χ3n) is 2.24. The van der Waals surface area contributed by atoms with Crippen molar-refractivity contribution in [2.45, 2.75) is 26.3 Å². The van der Waals surface area contributed by atoms with E-state index in [0.717, 1.165) is 12.0 Å². The van der Waals surface area contributed by atoms with Crippen LogP contribution in [0.2, 0.25) is 0 Å². The van der Waals surface area contributed by atoms with Gasteiger partial charge in [0.2, 0.25) is 6.08 Å². The van der Waals surface area contributed by atoms with Crippen LogP contribution in [-0.4, -0.2) is 6.08 Å². The van der Waals surface area contributed by atoms with Gasteiger partial charge in [-0.25, -0.2) is 4.79 Å². The molecule has 0 spiro atoms. The van der Waals surface area contributed by atoms with E-state index in [2.05, 4.69) is 18.8 Å². The van der Waals surface area contributed by atoms with Crippen LogP contribution < -0.4 is 0 Å². The van der Waals surface area contributed by atoms with Crippen molar-refractivity contribution < 1.29 is 4.79 Å². The molecular weight excluding hydrogens is 200 g/mol. The summed E-state index contributed by atoms with van der Waals surface area (Å²) in [5.41, 5.74) is 1.96. The lowest BCUT2D eigenvalue weighted by molar-refractivity contribution is 0.561.